The SMILES string of the molecule is c1c[nH]c(-c2[nH]c(-c3ccc[nH]3)c(-c3cc[nH]c3)c2-c2cc[nH]c2)c1. The van der Waals surface area contributed by atoms with Crippen LogP contribution < -0.4 is 0 Å². The average molecular weight is 327 g/mol. The van der Waals surface area contributed by atoms with E-state index in [1.807, 2.05) is 49.3 Å². The lowest BCUT2D eigenvalue weighted by atomic mass is 9.96. The van der Waals surface area contributed by atoms with Gasteiger partial charge in [-0.05, 0) is 36.4 Å². The molecule has 122 valence electrons. The van der Waals surface area contributed by atoms with E-state index in [-0.39, 0.29) is 0 Å². The third-order valence-electron chi connectivity index (χ3n) is 4.51. The van der Waals surface area contributed by atoms with E-state index in [0.717, 1.165) is 33.9 Å². The molecule has 0 bridgehead atoms. The minimum atomic E-state index is 1.06. The molecule has 5 nitrogen and oxygen atoms in total. The van der Waals surface area contributed by atoms with E-state index in [4.69, 9.17) is 0 Å². The summed E-state index contributed by atoms with van der Waals surface area (Å²) >= 11 is 0. The summed E-state index contributed by atoms with van der Waals surface area (Å²) in [6, 6.07) is 12.4. The molecule has 0 aliphatic heterocycles. The van der Waals surface area contributed by atoms with Gasteiger partial charge in [-0.3, -0.25) is 0 Å². The van der Waals surface area contributed by atoms with Gasteiger partial charge in [0.15, 0.2) is 0 Å². The molecule has 0 unspecified atom stereocenters. The summed E-state index contributed by atoms with van der Waals surface area (Å²) in [5, 5.41) is 0. The largest absolute Gasteiger partial charge is 0.367 e. The van der Waals surface area contributed by atoms with Crippen LogP contribution >= 0.6 is 0 Å². The zero-order valence-corrected chi connectivity index (χ0v) is 13.4. The zero-order valence-electron chi connectivity index (χ0n) is 13.4. The lowest BCUT2D eigenvalue weighted by Crippen LogP contribution is -1.83. The second-order valence-corrected chi connectivity index (χ2v) is 5.99. The van der Waals surface area contributed by atoms with Gasteiger partial charge in [0, 0.05) is 59.4 Å². The summed E-state index contributed by atoms with van der Waals surface area (Å²) in [6.07, 6.45) is 11.9. The van der Waals surface area contributed by atoms with Crippen LogP contribution in [0, 0.1) is 0 Å². The van der Waals surface area contributed by atoms with Crippen molar-refractivity contribution in [2.45, 2.75) is 0 Å². The van der Waals surface area contributed by atoms with Gasteiger partial charge in [-0.25, -0.2) is 0 Å². The first-order chi connectivity index (χ1) is 12.4. The fourth-order valence-corrected chi connectivity index (χ4v) is 3.41. The Labute approximate surface area is 144 Å². The molecule has 25 heavy (non-hydrogen) atoms. The first-order valence-corrected chi connectivity index (χ1v) is 8.21. The Kier molecular flexibility index (Phi) is 3.03. The molecule has 0 saturated heterocycles. The van der Waals surface area contributed by atoms with Crippen molar-refractivity contribution in [3.8, 4) is 45.0 Å². The van der Waals surface area contributed by atoms with Gasteiger partial charge in [0.25, 0.3) is 0 Å². The Bertz CT molecular complexity index is 973. The highest BCUT2D eigenvalue weighted by atomic mass is 14.8. The molecule has 0 amide bonds. The lowest BCUT2D eigenvalue weighted by molar-refractivity contribution is 1.30. The number of rotatable bonds is 4. The third kappa shape index (κ3) is 2.17. The fraction of sp³-hybridized carbons (Fsp3) is 0. The minimum absolute atomic E-state index is 1.06. The van der Waals surface area contributed by atoms with Crippen molar-refractivity contribution >= 4 is 0 Å². The van der Waals surface area contributed by atoms with Crippen LogP contribution in [0.1, 0.15) is 0 Å². The molecule has 5 aromatic rings. The van der Waals surface area contributed by atoms with E-state index < -0.39 is 0 Å². The van der Waals surface area contributed by atoms with Crippen LogP contribution in [0.5, 0.6) is 0 Å². The summed E-state index contributed by atoms with van der Waals surface area (Å²) in [7, 11) is 0. The second kappa shape index (κ2) is 5.49. The number of nitrogens with one attached hydrogen (secondary N) is 5. The van der Waals surface area contributed by atoms with Crippen molar-refractivity contribution in [1.82, 2.24) is 24.9 Å². The molecule has 0 radical (unpaired) electrons. The molecule has 0 spiro atoms. The maximum absolute atomic E-state index is 3.64. The first kappa shape index (κ1) is 13.8. The molecule has 0 atom stereocenters. The predicted octanol–water partition coefficient (Wildman–Crippen LogP) is 5.00. The average Bonchev–Trinajstić information content (AvgIpc) is 3.48. The van der Waals surface area contributed by atoms with Gasteiger partial charge < -0.3 is 24.9 Å². The van der Waals surface area contributed by atoms with Gasteiger partial charge >= 0.3 is 0 Å². The van der Waals surface area contributed by atoms with Crippen LogP contribution in [-0.2, 0) is 0 Å². The molecular formula is C20H17N5. The fourth-order valence-electron chi connectivity index (χ4n) is 3.41. The highest BCUT2D eigenvalue weighted by molar-refractivity contribution is 6.00. The van der Waals surface area contributed by atoms with Crippen LogP contribution in [0.3, 0.4) is 0 Å². The molecule has 0 fully saturated rings. The van der Waals surface area contributed by atoms with Crippen molar-refractivity contribution in [3.63, 3.8) is 0 Å². The van der Waals surface area contributed by atoms with Crippen LogP contribution in [0.25, 0.3) is 45.0 Å². The normalized spacial score (nSPS) is 11.2. The number of hydrogen-bond donors (Lipinski definition) is 5. The molecule has 5 N–H and O–H groups in total. The Morgan fingerprint density at radius 1 is 0.560 bits per heavy atom. The Balaban J connectivity index is 1.88. The summed E-state index contributed by atoms with van der Waals surface area (Å²) in [6.45, 7) is 0. The number of aromatic amines is 5. The zero-order chi connectivity index (χ0) is 16.6. The summed E-state index contributed by atoms with van der Waals surface area (Å²) < 4.78 is 0. The maximum Gasteiger partial charge on any atom is 0.0711 e. The quantitative estimate of drug-likeness (QED) is 0.308. The van der Waals surface area contributed by atoms with E-state index >= 15 is 0 Å². The Morgan fingerprint density at radius 3 is 1.44 bits per heavy atom. The monoisotopic (exact) mass is 327 g/mol. The molecule has 5 heterocycles. The topological polar surface area (TPSA) is 78.9 Å². The summed E-state index contributed by atoms with van der Waals surface area (Å²) in [4.78, 5) is 16.7. The molecule has 5 rings (SSSR count). The Hall–Kier alpha value is -3.60. The molecule has 5 heteroatoms. The molecule has 5 aromatic heterocycles. The van der Waals surface area contributed by atoms with Crippen LogP contribution in [0.4, 0.5) is 0 Å². The van der Waals surface area contributed by atoms with Crippen molar-refractivity contribution in [3.05, 3.63) is 73.6 Å². The van der Waals surface area contributed by atoms with E-state index in [0.29, 0.717) is 0 Å². The van der Waals surface area contributed by atoms with Crippen molar-refractivity contribution < 1.29 is 0 Å². The van der Waals surface area contributed by atoms with Crippen LogP contribution in [0.15, 0.2) is 73.6 Å². The Morgan fingerprint density at radius 2 is 1.08 bits per heavy atom. The highest BCUT2D eigenvalue weighted by Crippen LogP contribution is 2.45. The smallest absolute Gasteiger partial charge is 0.0711 e. The number of H-pyrrole nitrogens is 5. The van der Waals surface area contributed by atoms with Gasteiger partial charge in [-0.15, -0.1) is 0 Å². The summed E-state index contributed by atoms with van der Waals surface area (Å²) in [5.74, 6) is 0. The van der Waals surface area contributed by atoms with E-state index in [9.17, 15) is 0 Å². The van der Waals surface area contributed by atoms with Crippen molar-refractivity contribution in [2.75, 3.05) is 0 Å². The standard InChI is InChI=1S/C20H17N5/c1-3-15(23-7-1)19-17(13-5-9-21-11-13)18(14-6-10-22-12-14)20(25-19)16-4-2-8-24-16/h1-12,21-25H. The van der Waals surface area contributed by atoms with E-state index in [2.05, 4.69) is 49.2 Å². The van der Waals surface area contributed by atoms with Crippen molar-refractivity contribution in [2.24, 2.45) is 0 Å². The number of hydrogen-bond acceptors (Lipinski definition) is 0. The summed E-state index contributed by atoms with van der Waals surface area (Å²) in [5.41, 5.74) is 8.91. The minimum Gasteiger partial charge on any atom is -0.367 e. The predicted molar refractivity (Wildman–Crippen MR) is 99.9 cm³/mol. The van der Waals surface area contributed by atoms with Crippen LogP contribution in [0.2, 0.25) is 0 Å². The van der Waals surface area contributed by atoms with Gasteiger partial charge in [-0.1, -0.05) is 0 Å². The van der Waals surface area contributed by atoms with Gasteiger partial charge in [-0.2, -0.15) is 0 Å². The molecule has 0 aromatic carbocycles. The van der Waals surface area contributed by atoms with E-state index in [1.54, 1.807) is 0 Å². The highest BCUT2D eigenvalue weighted by Gasteiger charge is 2.23. The maximum atomic E-state index is 3.64. The van der Waals surface area contributed by atoms with Gasteiger partial charge in [0.2, 0.25) is 0 Å². The third-order valence-corrected chi connectivity index (χ3v) is 4.51. The molecule has 0 aliphatic carbocycles. The van der Waals surface area contributed by atoms with E-state index in [1.165, 1.54) is 11.1 Å². The molecular weight excluding hydrogens is 310 g/mol. The second-order valence-electron chi connectivity index (χ2n) is 5.99. The lowest BCUT2D eigenvalue weighted by Gasteiger charge is -2.05. The van der Waals surface area contributed by atoms with Crippen LogP contribution in [-0.4, -0.2) is 24.9 Å². The molecule has 0 aliphatic rings. The molecule has 0 saturated carbocycles. The van der Waals surface area contributed by atoms with Crippen molar-refractivity contribution in [1.29, 1.82) is 0 Å². The van der Waals surface area contributed by atoms with Gasteiger partial charge in [0.1, 0.15) is 0 Å². The number of aromatic nitrogens is 5. The first-order valence-electron chi connectivity index (χ1n) is 8.21. The van der Waals surface area contributed by atoms with Gasteiger partial charge in [0.05, 0.1) is 22.8 Å².